The van der Waals surface area contributed by atoms with E-state index in [1.54, 1.807) is 24.3 Å². The molecule has 2 aromatic rings. The molecule has 0 heterocycles. The number of hydrogen-bond donors (Lipinski definition) is 2. The van der Waals surface area contributed by atoms with Crippen LogP contribution in [0.3, 0.4) is 0 Å². The van der Waals surface area contributed by atoms with Gasteiger partial charge in [-0.3, -0.25) is 4.79 Å². The Morgan fingerprint density at radius 1 is 1.10 bits per heavy atom. The monoisotopic (exact) mass is 301 g/mol. The molecule has 21 heavy (non-hydrogen) atoms. The number of carbonyl (C=O) groups excluding carboxylic acids is 1. The SMILES string of the molecule is Cc1cc(C)c(NC(=O)CSc2ccc(O)cc2)c(C)c1. The van der Waals surface area contributed by atoms with Crippen LogP contribution in [0.4, 0.5) is 5.69 Å². The summed E-state index contributed by atoms with van der Waals surface area (Å²) >= 11 is 1.45. The Balaban J connectivity index is 1.97. The molecule has 0 atom stereocenters. The number of thioether (sulfide) groups is 1. The van der Waals surface area contributed by atoms with Crippen LogP contribution in [0.25, 0.3) is 0 Å². The minimum atomic E-state index is -0.0249. The molecule has 0 aromatic heterocycles. The highest BCUT2D eigenvalue weighted by Crippen LogP contribution is 2.24. The third-order valence-electron chi connectivity index (χ3n) is 3.15. The van der Waals surface area contributed by atoms with Gasteiger partial charge in [-0.25, -0.2) is 0 Å². The highest BCUT2D eigenvalue weighted by molar-refractivity contribution is 8.00. The quantitative estimate of drug-likeness (QED) is 0.838. The molecule has 0 unspecified atom stereocenters. The first-order valence-corrected chi connectivity index (χ1v) is 7.74. The molecule has 2 aromatic carbocycles. The smallest absolute Gasteiger partial charge is 0.234 e. The van der Waals surface area contributed by atoms with Crippen molar-refractivity contribution in [2.75, 3.05) is 11.1 Å². The molecule has 0 saturated heterocycles. The summed E-state index contributed by atoms with van der Waals surface area (Å²) in [6.45, 7) is 6.05. The highest BCUT2D eigenvalue weighted by atomic mass is 32.2. The van der Waals surface area contributed by atoms with E-state index >= 15 is 0 Å². The van der Waals surface area contributed by atoms with Gasteiger partial charge in [-0.05, 0) is 56.2 Å². The number of nitrogens with one attached hydrogen (secondary N) is 1. The van der Waals surface area contributed by atoms with E-state index in [1.807, 2.05) is 20.8 Å². The minimum Gasteiger partial charge on any atom is -0.508 e. The normalized spacial score (nSPS) is 10.4. The van der Waals surface area contributed by atoms with Crippen molar-refractivity contribution < 1.29 is 9.90 Å². The van der Waals surface area contributed by atoms with Gasteiger partial charge in [0, 0.05) is 10.6 Å². The number of benzene rings is 2. The maximum absolute atomic E-state index is 12.1. The fourth-order valence-corrected chi connectivity index (χ4v) is 2.94. The number of rotatable bonds is 4. The van der Waals surface area contributed by atoms with Crippen molar-refractivity contribution >= 4 is 23.4 Å². The third kappa shape index (κ3) is 4.26. The number of phenolic OH excluding ortho intramolecular Hbond substituents is 1. The van der Waals surface area contributed by atoms with Crippen molar-refractivity contribution in [2.24, 2.45) is 0 Å². The van der Waals surface area contributed by atoms with Crippen LogP contribution in [0.5, 0.6) is 5.75 Å². The van der Waals surface area contributed by atoms with Gasteiger partial charge < -0.3 is 10.4 Å². The van der Waals surface area contributed by atoms with E-state index < -0.39 is 0 Å². The highest BCUT2D eigenvalue weighted by Gasteiger charge is 2.08. The van der Waals surface area contributed by atoms with Gasteiger partial charge in [0.15, 0.2) is 0 Å². The molecule has 2 rings (SSSR count). The van der Waals surface area contributed by atoms with Crippen molar-refractivity contribution in [1.29, 1.82) is 0 Å². The van der Waals surface area contributed by atoms with E-state index in [1.165, 1.54) is 17.3 Å². The summed E-state index contributed by atoms with van der Waals surface area (Å²) in [6.07, 6.45) is 0. The van der Waals surface area contributed by atoms with Crippen molar-refractivity contribution in [3.05, 3.63) is 53.1 Å². The maximum atomic E-state index is 12.1. The lowest BCUT2D eigenvalue weighted by Crippen LogP contribution is -2.15. The zero-order valence-corrected chi connectivity index (χ0v) is 13.3. The van der Waals surface area contributed by atoms with Crippen LogP contribution in [-0.4, -0.2) is 16.8 Å². The predicted octanol–water partition coefficient (Wildman–Crippen LogP) is 4.05. The number of amides is 1. The number of anilines is 1. The summed E-state index contributed by atoms with van der Waals surface area (Å²) in [4.78, 5) is 13.0. The first kappa shape index (κ1) is 15.4. The summed E-state index contributed by atoms with van der Waals surface area (Å²) in [5, 5.41) is 12.2. The molecule has 0 saturated carbocycles. The van der Waals surface area contributed by atoms with E-state index in [0.29, 0.717) is 5.75 Å². The Hall–Kier alpha value is -1.94. The molecular weight excluding hydrogens is 282 g/mol. The Labute approximate surface area is 129 Å². The Morgan fingerprint density at radius 2 is 1.67 bits per heavy atom. The minimum absolute atomic E-state index is 0.0249. The second kappa shape index (κ2) is 6.68. The van der Waals surface area contributed by atoms with Crippen LogP contribution in [-0.2, 0) is 4.79 Å². The standard InChI is InChI=1S/C17H19NO2S/c1-11-8-12(2)17(13(3)9-11)18-16(20)10-21-15-6-4-14(19)5-7-15/h4-9,19H,10H2,1-3H3,(H,18,20). The first-order chi connectivity index (χ1) is 9.95. The summed E-state index contributed by atoms with van der Waals surface area (Å²) in [7, 11) is 0. The molecule has 110 valence electrons. The van der Waals surface area contributed by atoms with Gasteiger partial charge in [-0.1, -0.05) is 17.7 Å². The second-order valence-corrected chi connectivity index (χ2v) is 6.15. The van der Waals surface area contributed by atoms with E-state index in [-0.39, 0.29) is 11.7 Å². The molecule has 0 radical (unpaired) electrons. The molecular formula is C17H19NO2S. The molecule has 0 bridgehead atoms. The molecule has 0 fully saturated rings. The van der Waals surface area contributed by atoms with E-state index in [9.17, 15) is 9.90 Å². The number of phenols is 1. The van der Waals surface area contributed by atoms with Gasteiger partial charge in [0.2, 0.25) is 5.91 Å². The zero-order chi connectivity index (χ0) is 15.4. The van der Waals surface area contributed by atoms with Crippen molar-refractivity contribution in [2.45, 2.75) is 25.7 Å². The summed E-state index contributed by atoms with van der Waals surface area (Å²) in [5.41, 5.74) is 4.25. The summed E-state index contributed by atoms with van der Waals surface area (Å²) in [6, 6.07) is 11.0. The molecule has 2 N–H and O–H groups in total. The average Bonchev–Trinajstić information content (AvgIpc) is 2.42. The van der Waals surface area contributed by atoms with Gasteiger partial charge >= 0.3 is 0 Å². The molecule has 0 aliphatic carbocycles. The fourth-order valence-electron chi connectivity index (χ4n) is 2.24. The van der Waals surface area contributed by atoms with Gasteiger partial charge in [0.1, 0.15) is 5.75 Å². The van der Waals surface area contributed by atoms with Crippen LogP contribution in [0.2, 0.25) is 0 Å². The average molecular weight is 301 g/mol. The third-order valence-corrected chi connectivity index (χ3v) is 4.16. The van der Waals surface area contributed by atoms with Crippen LogP contribution in [0, 0.1) is 20.8 Å². The summed E-state index contributed by atoms with van der Waals surface area (Å²) < 4.78 is 0. The topological polar surface area (TPSA) is 49.3 Å². The van der Waals surface area contributed by atoms with Crippen molar-refractivity contribution in [1.82, 2.24) is 0 Å². The van der Waals surface area contributed by atoms with E-state index in [0.717, 1.165) is 21.7 Å². The first-order valence-electron chi connectivity index (χ1n) is 6.75. The summed E-state index contributed by atoms with van der Waals surface area (Å²) in [5.74, 6) is 0.551. The Bertz CT molecular complexity index is 627. The van der Waals surface area contributed by atoms with E-state index in [4.69, 9.17) is 0 Å². The molecule has 0 aliphatic heterocycles. The van der Waals surface area contributed by atoms with Gasteiger partial charge in [0.25, 0.3) is 0 Å². The van der Waals surface area contributed by atoms with Crippen LogP contribution < -0.4 is 5.32 Å². The number of aromatic hydroxyl groups is 1. The predicted molar refractivity (Wildman–Crippen MR) is 88.1 cm³/mol. The van der Waals surface area contributed by atoms with Gasteiger partial charge in [0.05, 0.1) is 5.75 Å². The maximum Gasteiger partial charge on any atom is 0.234 e. The van der Waals surface area contributed by atoms with Gasteiger partial charge in [-0.15, -0.1) is 11.8 Å². The van der Waals surface area contributed by atoms with Crippen molar-refractivity contribution in [3.63, 3.8) is 0 Å². The Kier molecular flexibility index (Phi) is 4.91. The molecule has 3 nitrogen and oxygen atoms in total. The second-order valence-electron chi connectivity index (χ2n) is 5.10. The van der Waals surface area contributed by atoms with Crippen LogP contribution in [0.1, 0.15) is 16.7 Å². The number of carbonyl (C=O) groups is 1. The molecule has 4 heteroatoms. The van der Waals surface area contributed by atoms with Crippen LogP contribution >= 0.6 is 11.8 Å². The van der Waals surface area contributed by atoms with Crippen LogP contribution in [0.15, 0.2) is 41.3 Å². The lowest BCUT2D eigenvalue weighted by molar-refractivity contribution is -0.113. The Morgan fingerprint density at radius 3 is 2.24 bits per heavy atom. The fraction of sp³-hybridized carbons (Fsp3) is 0.235. The lowest BCUT2D eigenvalue weighted by atomic mass is 10.1. The molecule has 0 aliphatic rings. The number of hydrogen-bond acceptors (Lipinski definition) is 3. The van der Waals surface area contributed by atoms with E-state index in [2.05, 4.69) is 17.4 Å². The largest absolute Gasteiger partial charge is 0.508 e. The lowest BCUT2D eigenvalue weighted by Gasteiger charge is -2.12. The number of aryl methyl sites for hydroxylation is 3. The molecule has 0 spiro atoms. The van der Waals surface area contributed by atoms with Crippen molar-refractivity contribution in [3.8, 4) is 5.75 Å². The molecule has 1 amide bonds. The zero-order valence-electron chi connectivity index (χ0n) is 12.4. The van der Waals surface area contributed by atoms with Gasteiger partial charge in [-0.2, -0.15) is 0 Å².